The van der Waals surface area contributed by atoms with Gasteiger partial charge >= 0.3 is 0 Å². The van der Waals surface area contributed by atoms with E-state index in [1.165, 1.54) is 31.2 Å². The topological polar surface area (TPSA) is 79.6 Å². The van der Waals surface area contributed by atoms with Gasteiger partial charge in [-0.15, -0.1) is 10.2 Å². The molecule has 0 radical (unpaired) electrons. The summed E-state index contributed by atoms with van der Waals surface area (Å²) >= 11 is 0. The molecule has 0 unspecified atom stereocenters. The SMILES string of the molecule is Cc1nnc(CN=C(NCCN2CCOCC2)NCC2(c3ccccc3)CCCC2)n1C. The first kappa shape index (κ1) is 22.7. The summed E-state index contributed by atoms with van der Waals surface area (Å²) in [4.78, 5) is 7.30. The van der Waals surface area contributed by atoms with E-state index in [0.29, 0.717) is 6.54 Å². The van der Waals surface area contributed by atoms with E-state index in [0.717, 1.165) is 63.5 Å². The van der Waals surface area contributed by atoms with Crippen LogP contribution in [0.25, 0.3) is 0 Å². The summed E-state index contributed by atoms with van der Waals surface area (Å²) in [6.45, 7) is 8.83. The highest BCUT2D eigenvalue weighted by molar-refractivity contribution is 5.79. The maximum absolute atomic E-state index is 5.46. The van der Waals surface area contributed by atoms with E-state index in [1.807, 2.05) is 18.5 Å². The molecule has 1 aromatic carbocycles. The van der Waals surface area contributed by atoms with Crippen molar-refractivity contribution in [3.8, 4) is 0 Å². The van der Waals surface area contributed by atoms with E-state index < -0.39 is 0 Å². The zero-order valence-electron chi connectivity index (χ0n) is 19.5. The van der Waals surface area contributed by atoms with Crippen LogP contribution in [0.5, 0.6) is 0 Å². The lowest BCUT2D eigenvalue weighted by molar-refractivity contribution is 0.0389. The van der Waals surface area contributed by atoms with Crippen molar-refractivity contribution in [1.82, 2.24) is 30.3 Å². The Labute approximate surface area is 191 Å². The predicted molar refractivity (Wildman–Crippen MR) is 127 cm³/mol. The third-order valence-electron chi connectivity index (χ3n) is 6.93. The monoisotopic (exact) mass is 439 g/mol. The minimum Gasteiger partial charge on any atom is -0.379 e. The summed E-state index contributed by atoms with van der Waals surface area (Å²) in [6.07, 6.45) is 5.00. The highest BCUT2D eigenvalue weighted by Gasteiger charge is 2.35. The summed E-state index contributed by atoms with van der Waals surface area (Å²) < 4.78 is 7.46. The quantitative estimate of drug-likeness (QED) is 0.484. The molecule has 2 aromatic rings. The molecule has 0 spiro atoms. The molecule has 1 saturated heterocycles. The molecule has 0 bridgehead atoms. The van der Waals surface area contributed by atoms with Gasteiger partial charge in [-0.05, 0) is 25.3 Å². The van der Waals surface area contributed by atoms with Gasteiger partial charge in [0.25, 0.3) is 0 Å². The Balaban J connectivity index is 1.42. The first-order valence-electron chi connectivity index (χ1n) is 11.9. The van der Waals surface area contributed by atoms with Crippen LogP contribution in [-0.2, 0) is 23.7 Å². The zero-order valence-corrected chi connectivity index (χ0v) is 19.5. The lowest BCUT2D eigenvalue weighted by atomic mass is 9.79. The molecule has 1 aliphatic heterocycles. The van der Waals surface area contributed by atoms with Crippen LogP contribution in [-0.4, -0.2) is 71.6 Å². The number of aryl methyl sites for hydroxylation is 1. The fourth-order valence-electron chi connectivity index (χ4n) is 4.73. The maximum atomic E-state index is 5.46. The van der Waals surface area contributed by atoms with Gasteiger partial charge in [0, 0.05) is 45.2 Å². The standard InChI is InChI=1S/C24H37N7O/c1-20-28-29-22(30(20)2)18-26-23(25-12-13-31-14-16-32-17-15-31)27-19-24(10-6-7-11-24)21-8-4-3-5-9-21/h3-5,8-9H,6-7,10-19H2,1-2H3,(H2,25,26,27). The van der Waals surface area contributed by atoms with Crippen LogP contribution in [0, 0.1) is 6.92 Å². The van der Waals surface area contributed by atoms with Crippen molar-refractivity contribution in [3.63, 3.8) is 0 Å². The summed E-state index contributed by atoms with van der Waals surface area (Å²) in [7, 11) is 1.99. The van der Waals surface area contributed by atoms with Crippen molar-refractivity contribution in [1.29, 1.82) is 0 Å². The molecule has 8 nitrogen and oxygen atoms in total. The molecule has 2 N–H and O–H groups in total. The summed E-state index contributed by atoms with van der Waals surface area (Å²) in [5, 5.41) is 15.7. The number of benzene rings is 1. The van der Waals surface area contributed by atoms with Gasteiger partial charge in [0.05, 0.1) is 13.2 Å². The number of aromatic nitrogens is 3. The van der Waals surface area contributed by atoms with Crippen LogP contribution < -0.4 is 10.6 Å². The number of guanidine groups is 1. The smallest absolute Gasteiger partial charge is 0.191 e. The van der Waals surface area contributed by atoms with Crippen LogP contribution in [0.15, 0.2) is 35.3 Å². The molecule has 1 saturated carbocycles. The number of ether oxygens (including phenoxy) is 1. The molecule has 2 fully saturated rings. The highest BCUT2D eigenvalue weighted by atomic mass is 16.5. The number of nitrogens with one attached hydrogen (secondary N) is 2. The number of aliphatic imine (C=N–C) groups is 1. The Hall–Kier alpha value is -2.45. The van der Waals surface area contributed by atoms with Crippen molar-refractivity contribution in [2.24, 2.45) is 12.0 Å². The van der Waals surface area contributed by atoms with Crippen LogP contribution in [0.3, 0.4) is 0 Å². The van der Waals surface area contributed by atoms with Gasteiger partial charge in [-0.25, -0.2) is 4.99 Å². The first-order chi connectivity index (χ1) is 15.7. The Morgan fingerprint density at radius 3 is 2.53 bits per heavy atom. The second-order valence-electron chi connectivity index (χ2n) is 8.98. The van der Waals surface area contributed by atoms with E-state index in [9.17, 15) is 0 Å². The average Bonchev–Trinajstić information content (AvgIpc) is 3.44. The van der Waals surface area contributed by atoms with Crippen molar-refractivity contribution in [3.05, 3.63) is 47.5 Å². The predicted octanol–water partition coefficient (Wildman–Crippen LogP) is 2.00. The van der Waals surface area contributed by atoms with E-state index >= 15 is 0 Å². The molecule has 4 rings (SSSR count). The number of hydrogen-bond donors (Lipinski definition) is 2. The molecule has 1 aliphatic carbocycles. The summed E-state index contributed by atoms with van der Waals surface area (Å²) in [6, 6.07) is 11.0. The van der Waals surface area contributed by atoms with Crippen molar-refractivity contribution < 1.29 is 4.74 Å². The number of hydrogen-bond acceptors (Lipinski definition) is 5. The van der Waals surface area contributed by atoms with E-state index in [1.54, 1.807) is 0 Å². The molecule has 32 heavy (non-hydrogen) atoms. The molecular weight excluding hydrogens is 402 g/mol. The highest BCUT2D eigenvalue weighted by Crippen LogP contribution is 2.40. The fraction of sp³-hybridized carbons (Fsp3) is 0.625. The lowest BCUT2D eigenvalue weighted by Crippen LogP contribution is -2.47. The second kappa shape index (κ2) is 10.9. The maximum Gasteiger partial charge on any atom is 0.191 e. The zero-order chi connectivity index (χ0) is 22.2. The van der Waals surface area contributed by atoms with E-state index in [-0.39, 0.29) is 5.41 Å². The summed E-state index contributed by atoms with van der Waals surface area (Å²) in [5.41, 5.74) is 1.61. The Morgan fingerprint density at radius 2 is 1.84 bits per heavy atom. The van der Waals surface area contributed by atoms with Crippen LogP contribution >= 0.6 is 0 Å². The van der Waals surface area contributed by atoms with E-state index in [4.69, 9.17) is 9.73 Å². The van der Waals surface area contributed by atoms with Gasteiger partial charge in [-0.3, -0.25) is 4.90 Å². The van der Waals surface area contributed by atoms with Crippen LogP contribution in [0.1, 0.15) is 42.9 Å². The van der Waals surface area contributed by atoms with Gasteiger partial charge in [-0.2, -0.15) is 0 Å². The minimum atomic E-state index is 0.176. The van der Waals surface area contributed by atoms with Crippen LogP contribution in [0.4, 0.5) is 0 Å². The normalized spacial score (nSPS) is 19.2. The molecule has 0 amide bonds. The largest absolute Gasteiger partial charge is 0.379 e. The third kappa shape index (κ3) is 5.66. The summed E-state index contributed by atoms with van der Waals surface area (Å²) in [5.74, 6) is 2.62. The number of morpholine rings is 1. The van der Waals surface area contributed by atoms with Gasteiger partial charge < -0.3 is 19.9 Å². The minimum absolute atomic E-state index is 0.176. The molecule has 8 heteroatoms. The van der Waals surface area contributed by atoms with E-state index in [2.05, 4.69) is 56.1 Å². The molecular formula is C24H37N7O. The van der Waals surface area contributed by atoms with Crippen molar-refractivity contribution in [2.45, 2.75) is 44.6 Å². The Kier molecular flexibility index (Phi) is 7.76. The lowest BCUT2D eigenvalue weighted by Gasteiger charge is -2.31. The van der Waals surface area contributed by atoms with Crippen molar-refractivity contribution in [2.75, 3.05) is 45.9 Å². The number of nitrogens with zero attached hydrogens (tertiary/aromatic N) is 5. The second-order valence-corrected chi connectivity index (χ2v) is 8.98. The van der Waals surface area contributed by atoms with Gasteiger partial charge in [0.2, 0.25) is 0 Å². The molecule has 2 aliphatic rings. The number of rotatable bonds is 8. The third-order valence-corrected chi connectivity index (χ3v) is 6.93. The van der Waals surface area contributed by atoms with Gasteiger partial charge in [-0.1, -0.05) is 43.2 Å². The Bertz CT molecular complexity index is 868. The first-order valence-corrected chi connectivity index (χ1v) is 11.9. The molecule has 1 aromatic heterocycles. The molecule has 174 valence electrons. The molecule has 2 heterocycles. The Morgan fingerprint density at radius 1 is 1.09 bits per heavy atom. The average molecular weight is 440 g/mol. The van der Waals surface area contributed by atoms with Crippen molar-refractivity contribution >= 4 is 5.96 Å². The van der Waals surface area contributed by atoms with Crippen LogP contribution in [0.2, 0.25) is 0 Å². The molecule has 0 atom stereocenters. The van der Waals surface area contributed by atoms with Gasteiger partial charge in [0.15, 0.2) is 11.8 Å². The fourth-order valence-corrected chi connectivity index (χ4v) is 4.73. The van der Waals surface area contributed by atoms with Gasteiger partial charge in [0.1, 0.15) is 12.4 Å².